The number of halogens is 1. The topological polar surface area (TPSA) is 91.2 Å². The fourth-order valence-corrected chi connectivity index (χ4v) is 3.57. The first-order valence-electron chi connectivity index (χ1n) is 7.23. The Labute approximate surface area is 152 Å². The number of benzene rings is 1. The van der Waals surface area contributed by atoms with Crippen LogP contribution < -0.4 is 10.4 Å². The molecule has 2 aromatic rings. The molecule has 0 aliphatic carbocycles. The minimum absolute atomic E-state index is 0.0945. The molecule has 0 spiro atoms. The van der Waals surface area contributed by atoms with E-state index in [0.717, 1.165) is 28.7 Å². The molecule has 6 nitrogen and oxygen atoms in total. The predicted octanol–water partition coefficient (Wildman–Crippen LogP) is 2.43. The molecule has 1 saturated heterocycles. The Morgan fingerprint density at radius 1 is 1.28 bits per heavy atom. The molecule has 0 atom stereocenters. The number of carbonyl (C=O) groups is 3. The van der Waals surface area contributed by atoms with E-state index in [4.69, 9.17) is 11.6 Å². The molecule has 1 aromatic carbocycles. The summed E-state index contributed by atoms with van der Waals surface area (Å²) < 4.78 is 1.84. The van der Waals surface area contributed by atoms with Crippen LogP contribution in [0.3, 0.4) is 0 Å². The number of imide groups is 1. The Kier molecular flexibility index (Phi) is 4.45. The van der Waals surface area contributed by atoms with Crippen molar-refractivity contribution in [1.82, 2.24) is 9.88 Å². The standard InChI is InChI=1S/C17H13ClN2O4S/c1-8-5-10(6-14-15(21)19-17(24)25-14)9(2)20(8)11-3-4-13(18)12(7-11)16(22)23/h3-7H,1-2H3,(H,22,23)(H,19,21,24)/p-1/b14-6+. The van der Waals surface area contributed by atoms with E-state index in [-0.39, 0.29) is 10.6 Å². The first-order valence-corrected chi connectivity index (χ1v) is 8.42. The maximum atomic E-state index is 11.7. The molecule has 2 heterocycles. The number of aromatic nitrogens is 1. The first-order chi connectivity index (χ1) is 11.8. The maximum absolute atomic E-state index is 11.7. The molecule has 1 N–H and O–H groups in total. The van der Waals surface area contributed by atoms with Crippen molar-refractivity contribution in [2.45, 2.75) is 13.8 Å². The molecule has 25 heavy (non-hydrogen) atoms. The average Bonchev–Trinajstić information content (AvgIpc) is 2.99. The van der Waals surface area contributed by atoms with E-state index in [0.29, 0.717) is 10.6 Å². The van der Waals surface area contributed by atoms with E-state index in [2.05, 4.69) is 5.32 Å². The third-order valence-corrected chi connectivity index (χ3v) is 4.97. The van der Waals surface area contributed by atoms with Crippen molar-refractivity contribution in [2.75, 3.05) is 0 Å². The Hall–Kier alpha value is -2.51. The van der Waals surface area contributed by atoms with Gasteiger partial charge in [-0.15, -0.1) is 0 Å². The minimum Gasteiger partial charge on any atom is -0.545 e. The molecule has 8 heteroatoms. The lowest BCUT2D eigenvalue weighted by Gasteiger charge is -2.13. The van der Waals surface area contributed by atoms with Crippen LogP contribution in [0.15, 0.2) is 29.2 Å². The van der Waals surface area contributed by atoms with Gasteiger partial charge in [0.25, 0.3) is 11.1 Å². The number of carbonyl (C=O) groups excluding carboxylic acids is 3. The Bertz CT molecular complexity index is 962. The van der Waals surface area contributed by atoms with Crippen molar-refractivity contribution < 1.29 is 19.5 Å². The zero-order valence-corrected chi connectivity index (χ0v) is 14.8. The van der Waals surface area contributed by atoms with Crippen LogP contribution in [-0.2, 0) is 4.79 Å². The number of carboxylic acid groups (broad SMARTS) is 1. The van der Waals surface area contributed by atoms with Crippen molar-refractivity contribution in [3.63, 3.8) is 0 Å². The summed E-state index contributed by atoms with van der Waals surface area (Å²) >= 11 is 6.73. The molecule has 1 aliphatic rings. The molecule has 2 amide bonds. The number of rotatable bonds is 3. The number of aryl methyl sites for hydroxylation is 1. The molecule has 1 fully saturated rings. The summed E-state index contributed by atoms with van der Waals surface area (Å²) in [5.74, 6) is -1.78. The van der Waals surface area contributed by atoms with E-state index >= 15 is 0 Å². The van der Waals surface area contributed by atoms with E-state index in [9.17, 15) is 19.5 Å². The van der Waals surface area contributed by atoms with E-state index in [1.165, 1.54) is 12.1 Å². The smallest absolute Gasteiger partial charge is 0.290 e. The summed E-state index contributed by atoms with van der Waals surface area (Å²) in [7, 11) is 0. The number of nitrogens with one attached hydrogen (secondary N) is 1. The van der Waals surface area contributed by atoms with Gasteiger partial charge in [-0.2, -0.15) is 0 Å². The Morgan fingerprint density at radius 3 is 2.60 bits per heavy atom. The van der Waals surface area contributed by atoms with Crippen LogP contribution in [0.2, 0.25) is 5.02 Å². The van der Waals surface area contributed by atoms with Crippen molar-refractivity contribution >= 4 is 46.6 Å². The third kappa shape index (κ3) is 3.20. The summed E-state index contributed by atoms with van der Waals surface area (Å²) in [6, 6.07) is 6.49. The fourth-order valence-electron chi connectivity index (χ4n) is 2.70. The van der Waals surface area contributed by atoms with Crippen molar-refractivity contribution in [2.24, 2.45) is 0 Å². The summed E-state index contributed by atoms with van der Waals surface area (Å²) in [6.07, 6.45) is 1.64. The van der Waals surface area contributed by atoms with Gasteiger partial charge in [-0.25, -0.2) is 0 Å². The number of amides is 2. The first kappa shape index (κ1) is 17.3. The monoisotopic (exact) mass is 375 g/mol. The van der Waals surface area contributed by atoms with Crippen molar-refractivity contribution in [3.8, 4) is 5.69 Å². The summed E-state index contributed by atoms with van der Waals surface area (Å²) in [5.41, 5.74) is 2.91. The predicted molar refractivity (Wildman–Crippen MR) is 93.7 cm³/mol. The van der Waals surface area contributed by atoms with Gasteiger partial charge in [0.15, 0.2) is 0 Å². The highest BCUT2D eigenvalue weighted by atomic mass is 35.5. The molecule has 128 valence electrons. The quantitative estimate of drug-likeness (QED) is 0.832. The number of hydrogen-bond acceptors (Lipinski definition) is 5. The molecule has 0 radical (unpaired) electrons. The van der Waals surface area contributed by atoms with Crippen molar-refractivity contribution in [1.29, 1.82) is 0 Å². The molecule has 0 saturated carbocycles. The lowest BCUT2D eigenvalue weighted by atomic mass is 10.2. The van der Waals surface area contributed by atoms with Gasteiger partial charge in [0, 0.05) is 27.7 Å². The lowest BCUT2D eigenvalue weighted by molar-refractivity contribution is -0.255. The van der Waals surface area contributed by atoms with Crippen LogP contribution in [0.1, 0.15) is 27.3 Å². The zero-order chi connectivity index (χ0) is 18.3. The van der Waals surface area contributed by atoms with Gasteiger partial charge >= 0.3 is 0 Å². The highest BCUT2D eigenvalue weighted by molar-refractivity contribution is 8.18. The number of hydrogen-bond donors (Lipinski definition) is 1. The highest BCUT2D eigenvalue weighted by Gasteiger charge is 2.25. The zero-order valence-electron chi connectivity index (χ0n) is 13.3. The molecule has 1 aromatic heterocycles. The van der Waals surface area contributed by atoms with Gasteiger partial charge in [0.1, 0.15) is 0 Å². The van der Waals surface area contributed by atoms with Crippen LogP contribution in [0.5, 0.6) is 0 Å². The summed E-state index contributed by atoms with van der Waals surface area (Å²) in [6.45, 7) is 3.70. The highest BCUT2D eigenvalue weighted by Crippen LogP contribution is 2.30. The van der Waals surface area contributed by atoms with Crippen LogP contribution in [0, 0.1) is 13.8 Å². The summed E-state index contributed by atoms with van der Waals surface area (Å²) in [4.78, 5) is 34.5. The second-order valence-corrected chi connectivity index (χ2v) is 6.89. The SMILES string of the molecule is Cc1cc(/C=C2/SC(=O)NC2=O)c(C)n1-c1ccc(Cl)c(C(=O)[O-])c1. The normalized spacial score (nSPS) is 15.7. The Morgan fingerprint density at radius 2 is 2.00 bits per heavy atom. The van der Waals surface area contributed by atoms with Gasteiger partial charge < -0.3 is 14.5 Å². The lowest BCUT2D eigenvalue weighted by Crippen LogP contribution is -2.23. The van der Waals surface area contributed by atoms with Crippen molar-refractivity contribution in [3.05, 3.63) is 56.7 Å². The molecule has 3 rings (SSSR count). The molecule has 0 bridgehead atoms. The van der Waals surface area contributed by atoms with Crippen LogP contribution in [0.4, 0.5) is 4.79 Å². The van der Waals surface area contributed by atoms with Gasteiger partial charge in [-0.1, -0.05) is 11.6 Å². The molecule has 0 unspecified atom stereocenters. The Balaban J connectivity index is 2.08. The largest absolute Gasteiger partial charge is 0.545 e. The third-order valence-electron chi connectivity index (χ3n) is 3.83. The molecular formula is C17H12ClN2O4S-. The second kappa shape index (κ2) is 6.42. The van der Waals surface area contributed by atoms with E-state index in [1.54, 1.807) is 12.1 Å². The van der Waals surface area contributed by atoms with Crippen LogP contribution >= 0.6 is 23.4 Å². The van der Waals surface area contributed by atoms with Gasteiger partial charge in [-0.3, -0.25) is 14.9 Å². The van der Waals surface area contributed by atoms with Crippen LogP contribution in [0.25, 0.3) is 11.8 Å². The molecule has 1 aliphatic heterocycles. The fraction of sp³-hybridized carbons (Fsp3) is 0.118. The number of nitrogens with zero attached hydrogens (tertiary/aromatic N) is 1. The molecular weight excluding hydrogens is 364 g/mol. The number of carboxylic acids is 1. The van der Waals surface area contributed by atoms with Gasteiger partial charge in [0.2, 0.25) is 0 Å². The second-order valence-electron chi connectivity index (χ2n) is 5.47. The number of aromatic carboxylic acids is 1. The average molecular weight is 376 g/mol. The van der Waals surface area contributed by atoms with Crippen LogP contribution in [-0.4, -0.2) is 21.7 Å². The van der Waals surface area contributed by atoms with E-state index in [1.807, 2.05) is 24.5 Å². The number of thioether (sulfide) groups is 1. The minimum atomic E-state index is -1.35. The van der Waals surface area contributed by atoms with Gasteiger partial charge in [0.05, 0.1) is 10.9 Å². The summed E-state index contributed by atoms with van der Waals surface area (Å²) in [5, 5.41) is 13.1. The van der Waals surface area contributed by atoms with Gasteiger partial charge in [-0.05, 0) is 61.5 Å². The maximum Gasteiger partial charge on any atom is 0.290 e. The van der Waals surface area contributed by atoms with E-state index < -0.39 is 17.1 Å².